The van der Waals surface area contributed by atoms with Crippen molar-refractivity contribution < 1.29 is 26.1 Å². The van der Waals surface area contributed by atoms with Crippen LogP contribution in [0.1, 0.15) is 0 Å². The van der Waals surface area contributed by atoms with Crippen LogP contribution in [0.25, 0.3) is 33.8 Å². The number of pyridine rings is 4. The average Bonchev–Trinajstić information content (AvgIpc) is 3.56. The van der Waals surface area contributed by atoms with Crippen molar-refractivity contribution in [2.45, 2.75) is 0 Å². The summed E-state index contributed by atoms with van der Waals surface area (Å²) in [5.41, 5.74) is 5.26. The Balaban J connectivity index is 0.000000211. The molecule has 0 aromatic carbocycles. The van der Waals surface area contributed by atoms with Gasteiger partial charge in [0.05, 0.1) is 12.4 Å². The van der Waals surface area contributed by atoms with Crippen LogP contribution in [0.3, 0.4) is 0 Å². The molecular weight excluding hydrogens is 642 g/mol. The largest absolute Gasteiger partial charge is 2.00 e. The topological polar surface area (TPSA) is 136 Å². The molecule has 0 bridgehead atoms. The number of fused-ring (bicyclic) bond motifs is 2. The minimum atomic E-state index is 0. The van der Waals surface area contributed by atoms with E-state index in [1.54, 1.807) is 31.4 Å². The monoisotopic (exact) mass is 660 g/mol. The fourth-order valence-corrected chi connectivity index (χ4v) is 3.06. The molecule has 37 heavy (non-hydrogen) atoms. The maximum absolute atomic E-state index is 7.26. The Labute approximate surface area is 239 Å². The van der Waals surface area contributed by atoms with Crippen molar-refractivity contribution in [2.24, 2.45) is 0 Å². The molecule has 0 amide bonds. The van der Waals surface area contributed by atoms with Crippen molar-refractivity contribution in [3.05, 3.63) is 97.6 Å². The SMILES string of the molecule is N#C[Se-].N#C[Se-].[Fe+2].c1ccc(-c2n[n-][n+]3ccccc23)nc1.c1ccc(-c2n[n-][n+]3ccccc23)nc1. The van der Waals surface area contributed by atoms with Gasteiger partial charge >= 0.3 is 69.6 Å². The Bertz CT molecular complexity index is 1470. The van der Waals surface area contributed by atoms with Gasteiger partial charge in [0.25, 0.3) is 0 Å². The van der Waals surface area contributed by atoms with E-state index >= 15 is 0 Å². The van der Waals surface area contributed by atoms with Crippen LogP contribution in [0.15, 0.2) is 97.6 Å². The molecule has 0 atom stereocenters. The van der Waals surface area contributed by atoms with Crippen LogP contribution in [0, 0.1) is 20.5 Å². The van der Waals surface area contributed by atoms with Gasteiger partial charge in [0.1, 0.15) is 11.4 Å². The molecule has 0 saturated carbocycles. The second kappa shape index (κ2) is 15.9. The predicted octanol–water partition coefficient (Wildman–Crippen LogP) is 0.948. The van der Waals surface area contributed by atoms with Crippen molar-refractivity contribution >= 4 is 43.1 Å². The summed E-state index contributed by atoms with van der Waals surface area (Å²) in [4.78, 5) is 11.8. The first-order chi connectivity index (χ1) is 17.7. The molecular formula is C24H16FeN10Se2. The van der Waals surface area contributed by atoms with E-state index in [1.165, 1.54) is 0 Å². The minimum Gasteiger partial charge on any atom is -0.298 e. The summed E-state index contributed by atoms with van der Waals surface area (Å²) in [5.74, 6) is 0. The van der Waals surface area contributed by atoms with E-state index in [4.69, 9.17) is 10.5 Å². The Morgan fingerprint density at radius 1 is 0.622 bits per heavy atom. The summed E-state index contributed by atoms with van der Waals surface area (Å²) >= 11 is 4.22. The van der Waals surface area contributed by atoms with Crippen molar-refractivity contribution in [2.75, 3.05) is 0 Å². The Morgan fingerprint density at radius 2 is 1.00 bits per heavy atom. The number of hydrogen-bond donors (Lipinski definition) is 0. The summed E-state index contributed by atoms with van der Waals surface area (Å²) in [6.45, 7) is 0. The van der Waals surface area contributed by atoms with Gasteiger partial charge in [0.2, 0.25) is 11.4 Å². The molecule has 13 heteroatoms. The zero-order valence-electron chi connectivity index (χ0n) is 18.9. The molecule has 10 nitrogen and oxygen atoms in total. The third kappa shape index (κ3) is 8.04. The fraction of sp³-hybridized carbons (Fsp3) is 0. The molecule has 0 fully saturated rings. The summed E-state index contributed by atoms with van der Waals surface area (Å²) in [7, 11) is 0. The molecule has 6 aromatic heterocycles. The second-order valence-electron chi connectivity index (χ2n) is 6.55. The van der Waals surface area contributed by atoms with Gasteiger partial charge in [-0.1, -0.05) is 24.3 Å². The standard InChI is InChI=1S/2C11H8N4.2CHNSe.Fe/c2*1-3-7-12-9(5-1)11-10-6-2-4-8-15(10)14-13-11;2*2-1-3;/h2*1-8H;2*3H;/q;;;;+2/p-2. The molecule has 6 heterocycles. The molecule has 182 valence electrons. The van der Waals surface area contributed by atoms with Gasteiger partial charge in [0.15, 0.2) is 11.0 Å². The molecule has 0 unspecified atom stereocenters. The van der Waals surface area contributed by atoms with Gasteiger partial charge in [-0.25, -0.2) is 0 Å². The first kappa shape index (κ1) is 29.3. The number of nitrogens with zero attached hydrogens (tertiary/aromatic N) is 10. The van der Waals surface area contributed by atoms with E-state index in [1.807, 2.05) is 85.2 Å². The summed E-state index contributed by atoms with van der Waals surface area (Å²) in [5, 5.41) is 30.8. The molecule has 0 aliphatic rings. The number of hydrogen-bond acceptors (Lipinski definition) is 6. The Kier molecular flexibility index (Phi) is 12.6. The zero-order valence-corrected chi connectivity index (χ0v) is 23.4. The maximum Gasteiger partial charge on any atom is 2.00 e. The van der Waals surface area contributed by atoms with E-state index in [9.17, 15) is 0 Å². The maximum atomic E-state index is 7.26. The summed E-state index contributed by atoms with van der Waals surface area (Å²) < 4.78 is 3.48. The summed E-state index contributed by atoms with van der Waals surface area (Å²) in [6.07, 6.45) is 7.25. The van der Waals surface area contributed by atoms with Crippen LogP contribution < -0.4 is 19.5 Å². The van der Waals surface area contributed by atoms with Crippen molar-refractivity contribution in [1.29, 1.82) is 10.5 Å². The van der Waals surface area contributed by atoms with E-state index in [2.05, 4.69) is 62.6 Å². The third-order valence-corrected chi connectivity index (χ3v) is 4.46. The van der Waals surface area contributed by atoms with Gasteiger partial charge in [-0.3, -0.25) is 29.4 Å². The first-order valence-corrected chi connectivity index (χ1v) is 11.9. The van der Waals surface area contributed by atoms with Crippen molar-refractivity contribution in [1.82, 2.24) is 30.6 Å². The minimum absolute atomic E-state index is 0. The molecule has 0 spiro atoms. The molecule has 0 aliphatic carbocycles. The van der Waals surface area contributed by atoms with E-state index in [-0.39, 0.29) is 17.1 Å². The van der Waals surface area contributed by atoms with Crippen LogP contribution in [0.2, 0.25) is 0 Å². The zero-order chi connectivity index (χ0) is 25.6. The molecule has 0 saturated heterocycles. The van der Waals surface area contributed by atoms with Gasteiger partial charge in [-0.15, -0.1) is 10.2 Å². The predicted molar refractivity (Wildman–Crippen MR) is 131 cm³/mol. The van der Waals surface area contributed by atoms with E-state index in [0.717, 1.165) is 33.8 Å². The first-order valence-electron chi connectivity index (χ1n) is 10.2. The third-order valence-electron chi connectivity index (χ3n) is 4.46. The molecule has 0 radical (unpaired) electrons. The fourth-order valence-electron chi connectivity index (χ4n) is 3.06. The van der Waals surface area contributed by atoms with Crippen LogP contribution in [0.5, 0.6) is 0 Å². The molecule has 0 aliphatic heterocycles. The summed E-state index contributed by atoms with van der Waals surface area (Å²) in [6, 6.07) is 23.2. The van der Waals surface area contributed by atoms with Crippen molar-refractivity contribution in [3.8, 4) is 32.7 Å². The average molecular weight is 658 g/mol. The number of rotatable bonds is 2. The van der Waals surface area contributed by atoms with Crippen molar-refractivity contribution in [3.63, 3.8) is 0 Å². The quantitative estimate of drug-likeness (QED) is 0.198. The second-order valence-corrected chi connectivity index (χ2v) is 7.32. The Hall–Kier alpha value is -3.92. The van der Waals surface area contributed by atoms with Gasteiger partial charge in [-0.2, -0.15) is 0 Å². The molecule has 6 aromatic rings. The van der Waals surface area contributed by atoms with E-state index in [0.29, 0.717) is 0 Å². The molecule has 0 N–H and O–H groups in total. The normalized spacial score (nSPS) is 9.03. The Morgan fingerprint density at radius 3 is 1.35 bits per heavy atom. The van der Waals surface area contributed by atoms with Crippen LogP contribution in [-0.2, 0) is 17.1 Å². The van der Waals surface area contributed by atoms with E-state index < -0.39 is 0 Å². The van der Waals surface area contributed by atoms with Gasteiger partial charge in [-0.05, 0) is 48.5 Å². The number of nitriles is 2. The molecule has 6 rings (SSSR count). The van der Waals surface area contributed by atoms with Crippen LogP contribution in [0.4, 0.5) is 0 Å². The smallest absolute Gasteiger partial charge is 0.298 e. The number of aromatic nitrogens is 8. The van der Waals surface area contributed by atoms with Crippen LogP contribution in [-0.4, -0.2) is 52.2 Å². The van der Waals surface area contributed by atoms with Crippen LogP contribution >= 0.6 is 0 Å². The van der Waals surface area contributed by atoms with Gasteiger partial charge in [0, 0.05) is 12.4 Å². The van der Waals surface area contributed by atoms with Gasteiger partial charge < -0.3 is 0 Å².